The molecule has 1 fully saturated rings. The van der Waals surface area contributed by atoms with Crippen molar-refractivity contribution in [3.8, 4) is 0 Å². The maximum atomic E-state index is 7.00. The van der Waals surface area contributed by atoms with Gasteiger partial charge in [0.05, 0.1) is 12.7 Å². The fourth-order valence-corrected chi connectivity index (χ4v) is 3.74. The number of ether oxygens (including phenoxy) is 2. The fraction of sp³-hybridized carbons (Fsp3) is 1.00. The quantitative estimate of drug-likeness (QED) is 0.242. The molecule has 1 N–H and O–H groups in total. The first-order valence-electron chi connectivity index (χ1n) is 12.1. The van der Waals surface area contributed by atoms with Crippen molar-refractivity contribution in [2.45, 2.75) is 129 Å². The molecule has 1 heterocycles. The molecule has 0 radical (unpaired) electrons. The van der Waals surface area contributed by atoms with Gasteiger partial charge in [-0.3, -0.25) is 0 Å². The van der Waals surface area contributed by atoms with E-state index in [0.29, 0.717) is 6.10 Å². The van der Waals surface area contributed by atoms with Gasteiger partial charge in [0.25, 0.3) is 0 Å². The summed E-state index contributed by atoms with van der Waals surface area (Å²) in [6.45, 7) is 4.98. The van der Waals surface area contributed by atoms with Crippen LogP contribution < -0.4 is 0 Å². The van der Waals surface area contributed by atoms with Crippen molar-refractivity contribution < 1.29 is 14.6 Å². The van der Waals surface area contributed by atoms with Gasteiger partial charge >= 0.3 is 0 Å². The Morgan fingerprint density at radius 2 is 1.15 bits per heavy atom. The molecule has 0 spiro atoms. The normalized spacial score (nSPS) is 16.3. The molecular weight excluding hydrogens is 336 g/mol. The maximum Gasteiger partial charge on any atom is 0.0809 e. The van der Waals surface area contributed by atoms with Crippen LogP contribution in [0.4, 0.5) is 0 Å². The highest BCUT2D eigenvalue weighted by Crippen LogP contribution is 2.14. The van der Waals surface area contributed by atoms with Gasteiger partial charge in [0.15, 0.2) is 0 Å². The molecule has 0 amide bonds. The Balaban J connectivity index is 0.00000326. The Kier molecular flexibility index (Phi) is 23.8. The Bertz CT molecular complexity index is 252. The molecular formula is C24H50O3. The van der Waals surface area contributed by atoms with Crippen molar-refractivity contribution in [1.82, 2.24) is 0 Å². The average molecular weight is 387 g/mol. The lowest BCUT2D eigenvalue weighted by Gasteiger charge is -2.09. The number of aliphatic hydroxyl groups is 1. The van der Waals surface area contributed by atoms with Gasteiger partial charge in [-0.15, -0.1) is 0 Å². The second-order valence-electron chi connectivity index (χ2n) is 8.01. The van der Waals surface area contributed by atoms with E-state index in [-0.39, 0.29) is 0 Å². The third kappa shape index (κ3) is 20.4. The molecule has 1 rings (SSSR count). The second-order valence-corrected chi connectivity index (χ2v) is 8.01. The topological polar surface area (TPSA) is 38.7 Å². The molecule has 1 aliphatic rings. The molecule has 0 aromatic rings. The minimum Gasteiger partial charge on any atom is -0.400 e. The average Bonchev–Trinajstić information content (AvgIpc) is 3.22. The Morgan fingerprint density at radius 3 is 1.56 bits per heavy atom. The zero-order valence-electron chi connectivity index (χ0n) is 18.7. The molecule has 0 bridgehead atoms. The molecule has 1 saturated heterocycles. The summed E-state index contributed by atoms with van der Waals surface area (Å²) in [5.74, 6) is 0. The zero-order valence-corrected chi connectivity index (χ0v) is 18.7. The van der Waals surface area contributed by atoms with E-state index in [4.69, 9.17) is 14.6 Å². The molecule has 1 unspecified atom stereocenters. The number of unbranched alkanes of at least 4 members (excludes halogenated alkanes) is 15. The van der Waals surface area contributed by atoms with Crippen molar-refractivity contribution in [3.63, 3.8) is 0 Å². The molecule has 0 aliphatic carbocycles. The van der Waals surface area contributed by atoms with Crippen LogP contribution in [-0.2, 0) is 9.47 Å². The van der Waals surface area contributed by atoms with E-state index >= 15 is 0 Å². The molecule has 3 nitrogen and oxygen atoms in total. The fourth-order valence-electron chi connectivity index (χ4n) is 3.74. The van der Waals surface area contributed by atoms with Gasteiger partial charge in [-0.25, -0.2) is 0 Å². The minimum atomic E-state index is 0.390. The lowest BCUT2D eigenvalue weighted by Crippen LogP contribution is -2.14. The van der Waals surface area contributed by atoms with Gasteiger partial charge < -0.3 is 14.6 Å². The number of aliphatic hydroxyl groups excluding tert-OH is 1. The number of hydrogen-bond donors (Lipinski definition) is 1. The van der Waals surface area contributed by atoms with Gasteiger partial charge in [0, 0.05) is 20.3 Å². The maximum absolute atomic E-state index is 7.00. The summed E-state index contributed by atoms with van der Waals surface area (Å²) in [4.78, 5) is 0. The van der Waals surface area contributed by atoms with Gasteiger partial charge in [-0.05, 0) is 19.3 Å². The second kappa shape index (κ2) is 23.9. The highest BCUT2D eigenvalue weighted by Gasteiger charge is 2.14. The predicted octanol–water partition coefficient (Wildman–Crippen LogP) is 7.05. The lowest BCUT2D eigenvalue weighted by molar-refractivity contribution is 0.0161. The molecule has 0 aromatic carbocycles. The van der Waals surface area contributed by atoms with Crippen LogP contribution in [0.15, 0.2) is 0 Å². The summed E-state index contributed by atoms with van der Waals surface area (Å²) in [5, 5.41) is 7.00. The zero-order chi connectivity index (χ0) is 19.8. The molecule has 0 aromatic heterocycles. The van der Waals surface area contributed by atoms with Crippen LogP contribution in [0.2, 0.25) is 0 Å². The standard InChI is InChI=1S/C23H46O2.CH4O/c1-2-3-4-5-6-7-8-9-10-11-12-13-14-15-16-17-20-24-22-23-19-18-21-25-23;1-2/h23H,2-22H2,1H3;2H,1H3. The number of rotatable bonds is 19. The summed E-state index contributed by atoms with van der Waals surface area (Å²) in [7, 11) is 1.00. The van der Waals surface area contributed by atoms with Gasteiger partial charge in [-0.2, -0.15) is 0 Å². The molecule has 27 heavy (non-hydrogen) atoms. The molecule has 164 valence electrons. The largest absolute Gasteiger partial charge is 0.400 e. The van der Waals surface area contributed by atoms with Gasteiger partial charge in [-0.1, -0.05) is 103 Å². The smallest absolute Gasteiger partial charge is 0.0809 e. The summed E-state index contributed by atoms with van der Waals surface area (Å²) in [6, 6.07) is 0. The third-order valence-corrected chi connectivity index (χ3v) is 5.47. The Labute approximate surface area is 170 Å². The summed E-state index contributed by atoms with van der Waals surface area (Å²) in [5.41, 5.74) is 0. The number of hydrogen-bond acceptors (Lipinski definition) is 3. The molecule has 3 heteroatoms. The summed E-state index contributed by atoms with van der Waals surface area (Å²) < 4.78 is 11.3. The van der Waals surface area contributed by atoms with Crippen LogP contribution in [0.3, 0.4) is 0 Å². The molecule has 1 aliphatic heterocycles. The minimum absolute atomic E-state index is 0.390. The van der Waals surface area contributed by atoms with Crippen molar-refractivity contribution in [2.75, 3.05) is 26.9 Å². The van der Waals surface area contributed by atoms with Crippen LogP contribution in [0, 0.1) is 0 Å². The van der Waals surface area contributed by atoms with Crippen molar-refractivity contribution >= 4 is 0 Å². The predicted molar refractivity (Wildman–Crippen MR) is 117 cm³/mol. The third-order valence-electron chi connectivity index (χ3n) is 5.47. The van der Waals surface area contributed by atoms with Gasteiger partial charge in [0.2, 0.25) is 0 Å². The van der Waals surface area contributed by atoms with E-state index in [2.05, 4.69) is 6.92 Å². The van der Waals surface area contributed by atoms with E-state index < -0.39 is 0 Å². The highest BCUT2D eigenvalue weighted by atomic mass is 16.5. The first-order valence-corrected chi connectivity index (χ1v) is 12.1. The van der Waals surface area contributed by atoms with Gasteiger partial charge in [0.1, 0.15) is 0 Å². The van der Waals surface area contributed by atoms with E-state index in [0.717, 1.165) is 26.9 Å². The SMILES string of the molecule is CCCCCCCCCCCCCCCCCCOCC1CCCO1.CO. The first-order chi connectivity index (χ1) is 13.4. The summed E-state index contributed by atoms with van der Waals surface area (Å²) >= 11 is 0. The monoisotopic (exact) mass is 386 g/mol. The molecule has 1 atom stereocenters. The lowest BCUT2D eigenvalue weighted by atomic mass is 10.0. The van der Waals surface area contributed by atoms with E-state index in [1.165, 1.54) is 116 Å². The van der Waals surface area contributed by atoms with Crippen LogP contribution >= 0.6 is 0 Å². The highest BCUT2D eigenvalue weighted by molar-refractivity contribution is 4.63. The van der Waals surface area contributed by atoms with Crippen LogP contribution in [-0.4, -0.2) is 38.1 Å². The van der Waals surface area contributed by atoms with Crippen LogP contribution in [0.5, 0.6) is 0 Å². The molecule has 0 saturated carbocycles. The first kappa shape index (κ1) is 26.9. The van der Waals surface area contributed by atoms with E-state index in [9.17, 15) is 0 Å². The van der Waals surface area contributed by atoms with Crippen molar-refractivity contribution in [1.29, 1.82) is 0 Å². The van der Waals surface area contributed by atoms with Crippen LogP contribution in [0.1, 0.15) is 122 Å². The summed E-state index contributed by atoms with van der Waals surface area (Å²) in [6.07, 6.45) is 25.6. The van der Waals surface area contributed by atoms with Crippen molar-refractivity contribution in [3.05, 3.63) is 0 Å². The van der Waals surface area contributed by atoms with Crippen LogP contribution in [0.25, 0.3) is 0 Å². The van der Waals surface area contributed by atoms with Crippen molar-refractivity contribution in [2.24, 2.45) is 0 Å². The van der Waals surface area contributed by atoms with E-state index in [1.807, 2.05) is 0 Å². The Morgan fingerprint density at radius 1 is 0.704 bits per heavy atom. The van der Waals surface area contributed by atoms with E-state index in [1.54, 1.807) is 0 Å². The Hall–Kier alpha value is -0.120.